The van der Waals surface area contributed by atoms with Crippen LogP contribution >= 0.6 is 0 Å². The Kier molecular flexibility index (Phi) is 3.69. The van der Waals surface area contributed by atoms with Crippen LogP contribution in [0.5, 0.6) is 5.88 Å². The first-order valence-corrected chi connectivity index (χ1v) is 8.01. The molecule has 130 valence electrons. The highest BCUT2D eigenvalue weighted by atomic mass is 16.7. The van der Waals surface area contributed by atoms with Crippen molar-refractivity contribution >= 4 is 34.1 Å². The van der Waals surface area contributed by atoms with Gasteiger partial charge < -0.3 is 15.0 Å². The lowest BCUT2D eigenvalue weighted by Crippen LogP contribution is -2.22. The van der Waals surface area contributed by atoms with Gasteiger partial charge in [-0.15, -0.1) is 0 Å². The third-order valence-corrected chi connectivity index (χ3v) is 4.12. The number of nitrogens with one attached hydrogen (secondary N) is 1. The number of carbonyl (C=O) groups excluding carboxylic acids is 1. The Hall–Kier alpha value is -3.61. The van der Waals surface area contributed by atoms with E-state index in [0.717, 1.165) is 16.5 Å². The van der Waals surface area contributed by atoms with Crippen LogP contribution < -0.4 is 0 Å². The third-order valence-electron chi connectivity index (χ3n) is 4.12. The van der Waals surface area contributed by atoms with Crippen LogP contribution in [0, 0.1) is 0 Å². The first kappa shape index (κ1) is 15.9. The number of rotatable bonds is 2. The number of aromatic hydroxyl groups is 1. The lowest BCUT2D eigenvalue weighted by molar-refractivity contribution is 0.122. The van der Waals surface area contributed by atoms with Crippen LogP contribution in [-0.2, 0) is 4.84 Å². The molecular formula is C19H16N4O3. The van der Waals surface area contributed by atoms with Crippen LogP contribution in [0.3, 0.4) is 0 Å². The van der Waals surface area contributed by atoms with Crippen molar-refractivity contribution in [1.82, 2.24) is 9.88 Å². The minimum atomic E-state index is -0.593. The van der Waals surface area contributed by atoms with Gasteiger partial charge in [0.25, 0.3) is 0 Å². The molecular weight excluding hydrogens is 332 g/mol. The fourth-order valence-corrected chi connectivity index (χ4v) is 2.87. The first-order valence-electron chi connectivity index (χ1n) is 8.01. The Morgan fingerprint density at radius 1 is 1.15 bits per heavy atom. The monoisotopic (exact) mass is 348 g/mol. The Morgan fingerprint density at radius 3 is 2.69 bits per heavy atom. The number of para-hydroxylation sites is 2. The fourth-order valence-electron chi connectivity index (χ4n) is 2.87. The Morgan fingerprint density at radius 2 is 1.88 bits per heavy atom. The smallest absolute Gasteiger partial charge is 0.435 e. The molecule has 7 heteroatoms. The van der Waals surface area contributed by atoms with E-state index in [4.69, 9.17) is 4.84 Å². The van der Waals surface area contributed by atoms with Gasteiger partial charge in [0.05, 0.1) is 11.3 Å². The molecule has 0 aliphatic carbocycles. The molecule has 7 nitrogen and oxygen atoms in total. The van der Waals surface area contributed by atoms with Gasteiger partial charge in [0.15, 0.2) is 5.88 Å². The summed E-state index contributed by atoms with van der Waals surface area (Å²) in [6.07, 6.45) is -0.593. The number of H-pyrrole nitrogens is 1. The predicted molar refractivity (Wildman–Crippen MR) is 99.3 cm³/mol. The summed E-state index contributed by atoms with van der Waals surface area (Å²) >= 11 is 0. The van der Waals surface area contributed by atoms with Crippen molar-refractivity contribution in [2.75, 3.05) is 14.1 Å². The van der Waals surface area contributed by atoms with Crippen molar-refractivity contribution in [3.05, 3.63) is 59.7 Å². The number of benzene rings is 2. The predicted octanol–water partition coefficient (Wildman–Crippen LogP) is 3.41. The second kappa shape index (κ2) is 6.03. The zero-order valence-corrected chi connectivity index (χ0v) is 14.2. The van der Waals surface area contributed by atoms with Gasteiger partial charge in [-0.3, -0.25) is 4.84 Å². The molecule has 1 aromatic heterocycles. The molecule has 2 N–H and O–H groups in total. The number of aromatic nitrogens is 1. The minimum Gasteiger partial charge on any atom is -0.494 e. The first-order chi connectivity index (χ1) is 12.6. The Balaban J connectivity index is 1.87. The molecule has 0 unspecified atom stereocenters. The van der Waals surface area contributed by atoms with Crippen LogP contribution in [-0.4, -0.2) is 46.6 Å². The van der Waals surface area contributed by atoms with E-state index >= 15 is 0 Å². The molecule has 0 saturated heterocycles. The third kappa shape index (κ3) is 2.50. The van der Waals surface area contributed by atoms with Crippen molar-refractivity contribution in [2.24, 2.45) is 10.1 Å². The quantitative estimate of drug-likeness (QED) is 0.549. The number of aliphatic imine (C=N–C) groups is 1. The van der Waals surface area contributed by atoms with E-state index < -0.39 is 6.09 Å². The van der Waals surface area contributed by atoms with E-state index in [2.05, 4.69) is 15.1 Å². The molecule has 26 heavy (non-hydrogen) atoms. The average Bonchev–Trinajstić information content (AvgIpc) is 3.15. The maximum Gasteiger partial charge on any atom is 0.435 e. The highest BCUT2D eigenvalue weighted by molar-refractivity contribution is 6.58. The summed E-state index contributed by atoms with van der Waals surface area (Å²) < 4.78 is 0. The van der Waals surface area contributed by atoms with Crippen LogP contribution in [0.2, 0.25) is 0 Å². The maximum atomic E-state index is 11.8. The summed E-state index contributed by atoms with van der Waals surface area (Å²) in [5.74, 6) is -0.00982. The maximum absolute atomic E-state index is 11.8. The second-order valence-electron chi connectivity index (χ2n) is 6.06. The fraction of sp³-hybridized carbons (Fsp3) is 0.105. The summed E-state index contributed by atoms with van der Waals surface area (Å²) in [5.41, 5.74) is 3.59. The standard InChI is InChI=1S/C19H16N4O3/c1-23(2)19(25)26-22-16-12-8-4-6-10-14(12)20-17(16)15-11-7-3-5-9-13(11)21-18(15)24/h3-10,21,24H,1-2H3. The normalized spacial score (nSPS) is 14.4. The number of fused-ring (bicyclic) bond motifs is 2. The molecule has 2 heterocycles. The van der Waals surface area contributed by atoms with Crippen molar-refractivity contribution in [3.8, 4) is 5.88 Å². The van der Waals surface area contributed by atoms with E-state index in [1.165, 1.54) is 4.90 Å². The molecule has 0 fully saturated rings. The molecule has 0 bridgehead atoms. The van der Waals surface area contributed by atoms with Crippen LogP contribution in [0.15, 0.2) is 58.7 Å². The molecule has 0 radical (unpaired) electrons. The van der Waals surface area contributed by atoms with Crippen LogP contribution in [0.1, 0.15) is 11.1 Å². The van der Waals surface area contributed by atoms with Crippen molar-refractivity contribution in [2.45, 2.75) is 0 Å². The van der Waals surface area contributed by atoms with Gasteiger partial charge in [0.1, 0.15) is 11.4 Å². The Labute approximate surface area is 149 Å². The van der Waals surface area contributed by atoms with Gasteiger partial charge in [0.2, 0.25) is 0 Å². The highest BCUT2D eigenvalue weighted by Gasteiger charge is 2.29. The minimum absolute atomic E-state index is 0.00982. The molecule has 1 aliphatic rings. The van der Waals surface area contributed by atoms with Gasteiger partial charge in [-0.1, -0.05) is 41.6 Å². The van der Waals surface area contributed by atoms with Gasteiger partial charge in [-0.25, -0.2) is 9.79 Å². The molecule has 4 rings (SSSR count). The number of amides is 1. The summed E-state index contributed by atoms with van der Waals surface area (Å²) in [4.78, 5) is 25.6. The van der Waals surface area contributed by atoms with Crippen molar-refractivity contribution in [3.63, 3.8) is 0 Å². The lowest BCUT2D eigenvalue weighted by Gasteiger charge is -2.08. The average molecular weight is 348 g/mol. The zero-order chi connectivity index (χ0) is 18.3. The topological polar surface area (TPSA) is 90.3 Å². The van der Waals surface area contributed by atoms with E-state index in [-0.39, 0.29) is 5.88 Å². The SMILES string of the molecule is CN(C)C(=O)ON=C1C(c2c(O)[nH]c3ccccc23)=Nc2ccccc21. The van der Waals surface area contributed by atoms with E-state index in [9.17, 15) is 9.90 Å². The molecule has 0 saturated carbocycles. The van der Waals surface area contributed by atoms with Crippen molar-refractivity contribution in [1.29, 1.82) is 0 Å². The number of aromatic amines is 1. The largest absolute Gasteiger partial charge is 0.494 e. The van der Waals surface area contributed by atoms with Gasteiger partial charge in [-0.05, 0) is 12.1 Å². The molecule has 0 atom stereocenters. The summed E-state index contributed by atoms with van der Waals surface area (Å²) in [6.45, 7) is 0. The van der Waals surface area contributed by atoms with Gasteiger partial charge in [0, 0.05) is 30.6 Å². The molecule has 1 aliphatic heterocycles. The summed E-state index contributed by atoms with van der Waals surface area (Å²) in [7, 11) is 3.15. The van der Waals surface area contributed by atoms with Gasteiger partial charge in [-0.2, -0.15) is 0 Å². The Bertz CT molecular complexity index is 1080. The lowest BCUT2D eigenvalue weighted by atomic mass is 10.0. The number of carbonyl (C=O) groups is 1. The number of oxime groups is 1. The van der Waals surface area contributed by atoms with E-state index in [1.54, 1.807) is 14.1 Å². The number of nitrogens with zero attached hydrogens (tertiary/aromatic N) is 3. The van der Waals surface area contributed by atoms with Crippen LogP contribution in [0.25, 0.3) is 10.9 Å². The van der Waals surface area contributed by atoms with Gasteiger partial charge >= 0.3 is 6.09 Å². The number of hydrogen-bond acceptors (Lipinski definition) is 5. The molecule has 0 spiro atoms. The zero-order valence-electron chi connectivity index (χ0n) is 14.2. The second-order valence-corrected chi connectivity index (χ2v) is 6.06. The van der Waals surface area contributed by atoms with Crippen molar-refractivity contribution < 1.29 is 14.7 Å². The summed E-state index contributed by atoms with van der Waals surface area (Å²) in [6, 6.07) is 14.9. The molecule has 3 aromatic rings. The summed E-state index contributed by atoms with van der Waals surface area (Å²) in [5, 5.41) is 15.3. The van der Waals surface area contributed by atoms with E-state index in [1.807, 2.05) is 48.5 Å². The van der Waals surface area contributed by atoms with Crippen LogP contribution in [0.4, 0.5) is 10.5 Å². The highest BCUT2D eigenvalue weighted by Crippen LogP contribution is 2.35. The molecule has 1 amide bonds. The van der Waals surface area contributed by atoms with E-state index in [0.29, 0.717) is 22.7 Å². The molecule has 2 aromatic carbocycles. The number of hydrogen-bond donors (Lipinski definition) is 2.